The van der Waals surface area contributed by atoms with Crippen LogP contribution in [0.25, 0.3) is 0 Å². The third-order valence-corrected chi connectivity index (χ3v) is 4.82. The predicted octanol–water partition coefficient (Wildman–Crippen LogP) is 5.76. The lowest BCUT2D eigenvalue weighted by Gasteiger charge is -2.46. The molecule has 1 saturated carbocycles. The van der Waals surface area contributed by atoms with Gasteiger partial charge in [0.25, 0.3) is 0 Å². The lowest BCUT2D eigenvalue weighted by Crippen LogP contribution is -2.48. The van der Waals surface area contributed by atoms with Crippen LogP contribution in [0.2, 0.25) is 0 Å². The van der Waals surface area contributed by atoms with Crippen LogP contribution in [0.15, 0.2) is 24.8 Å². The third-order valence-electron chi connectivity index (χ3n) is 4.82. The van der Waals surface area contributed by atoms with E-state index in [1.165, 1.54) is 12.5 Å². The smallest absolute Gasteiger partial charge is 0.333 e. The first-order valence-electron chi connectivity index (χ1n) is 9.77. The van der Waals surface area contributed by atoms with Gasteiger partial charge in [0.05, 0.1) is 6.61 Å². The van der Waals surface area contributed by atoms with Crippen LogP contribution in [-0.4, -0.2) is 24.1 Å². The number of carbonyl (C=O) groups is 2. The van der Waals surface area contributed by atoms with E-state index < -0.39 is 0 Å². The van der Waals surface area contributed by atoms with Crippen LogP contribution in [0.3, 0.4) is 0 Å². The van der Waals surface area contributed by atoms with E-state index in [0.29, 0.717) is 12.2 Å². The molecule has 26 heavy (non-hydrogen) atoms. The number of hydrogen-bond donors (Lipinski definition) is 0. The van der Waals surface area contributed by atoms with E-state index in [4.69, 9.17) is 9.47 Å². The molecule has 4 heteroatoms. The van der Waals surface area contributed by atoms with Gasteiger partial charge in [0, 0.05) is 17.1 Å². The van der Waals surface area contributed by atoms with Gasteiger partial charge < -0.3 is 9.47 Å². The number of hydrogen-bond acceptors (Lipinski definition) is 4. The number of rotatable bonds is 7. The summed E-state index contributed by atoms with van der Waals surface area (Å²) in [6.07, 6.45) is 9.92. The summed E-state index contributed by atoms with van der Waals surface area (Å²) in [6, 6.07) is 0. The molecule has 1 fully saturated rings. The molecule has 0 saturated heterocycles. The van der Waals surface area contributed by atoms with Gasteiger partial charge in [0.2, 0.25) is 0 Å². The molecule has 0 aromatic carbocycles. The number of esters is 2. The van der Waals surface area contributed by atoms with Crippen molar-refractivity contribution in [2.75, 3.05) is 6.61 Å². The Balaban J connectivity index is 0.000000541. The van der Waals surface area contributed by atoms with E-state index in [-0.39, 0.29) is 23.0 Å². The van der Waals surface area contributed by atoms with Crippen molar-refractivity contribution in [3.8, 4) is 0 Å². The van der Waals surface area contributed by atoms with Gasteiger partial charge in [-0.2, -0.15) is 0 Å². The summed E-state index contributed by atoms with van der Waals surface area (Å²) < 4.78 is 10.5. The molecular weight excluding hydrogens is 328 g/mol. The quantitative estimate of drug-likeness (QED) is 0.326. The van der Waals surface area contributed by atoms with Crippen molar-refractivity contribution in [2.45, 2.75) is 91.6 Å². The molecule has 0 spiro atoms. The zero-order chi connectivity index (χ0) is 20.2. The van der Waals surface area contributed by atoms with Crippen LogP contribution < -0.4 is 0 Å². The second-order valence-electron chi connectivity index (χ2n) is 8.05. The van der Waals surface area contributed by atoms with E-state index in [2.05, 4.69) is 40.9 Å². The predicted molar refractivity (Wildman–Crippen MR) is 107 cm³/mol. The topological polar surface area (TPSA) is 52.6 Å². The molecule has 0 heterocycles. The zero-order valence-electron chi connectivity index (χ0n) is 17.5. The lowest BCUT2D eigenvalue weighted by molar-refractivity contribution is -0.174. The Labute approximate surface area is 160 Å². The van der Waals surface area contributed by atoms with Crippen LogP contribution in [-0.2, 0) is 19.1 Å². The van der Waals surface area contributed by atoms with Crippen LogP contribution >= 0.6 is 0 Å². The largest absolute Gasteiger partial charge is 0.463 e. The van der Waals surface area contributed by atoms with Crippen molar-refractivity contribution < 1.29 is 19.1 Å². The Bertz CT molecular complexity index is 465. The normalized spacial score (nSPS) is 15.9. The highest BCUT2D eigenvalue weighted by Crippen LogP contribution is 2.45. The van der Waals surface area contributed by atoms with Gasteiger partial charge >= 0.3 is 11.9 Å². The van der Waals surface area contributed by atoms with E-state index >= 15 is 0 Å². The average molecular weight is 367 g/mol. The van der Waals surface area contributed by atoms with Gasteiger partial charge in [-0.25, -0.2) is 9.59 Å². The maximum atomic E-state index is 11.7. The summed E-state index contributed by atoms with van der Waals surface area (Å²) in [6.45, 7) is 17.8. The molecule has 150 valence electrons. The molecule has 4 nitrogen and oxygen atoms in total. The summed E-state index contributed by atoms with van der Waals surface area (Å²) in [5, 5.41) is 0. The lowest BCUT2D eigenvalue weighted by atomic mass is 9.68. The zero-order valence-corrected chi connectivity index (χ0v) is 17.5. The van der Waals surface area contributed by atoms with Gasteiger partial charge in [-0.3, -0.25) is 0 Å². The first-order chi connectivity index (χ1) is 12.1. The van der Waals surface area contributed by atoms with E-state index in [1.807, 2.05) is 0 Å². The SMILES string of the molecule is C=C(C)C(=O)OC1(C(C)(C)C)CCCCC1.C=CC(=O)OCCCCC. The highest BCUT2D eigenvalue weighted by Gasteiger charge is 2.46. The van der Waals surface area contributed by atoms with E-state index in [9.17, 15) is 9.59 Å². The molecule has 0 aromatic rings. The first kappa shape index (κ1) is 24.4. The summed E-state index contributed by atoms with van der Waals surface area (Å²) in [7, 11) is 0. The van der Waals surface area contributed by atoms with Crippen molar-refractivity contribution in [3.05, 3.63) is 24.8 Å². The summed E-state index contributed by atoms with van der Waals surface area (Å²) >= 11 is 0. The number of unbranched alkanes of at least 4 members (excludes halogenated alkanes) is 2. The number of ether oxygens (including phenoxy) is 2. The first-order valence-corrected chi connectivity index (χ1v) is 9.77. The van der Waals surface area contributed by atoms with Gasteiger partial charge in [-0.1, -0.05) is 60.1 Å². The van der Waals surface area contributed by atoms with E-state index in [1.54, 1.807) is 6.92 Å². The highest BCUT2D eigenvalue weighted by atomic mass is 16.6. The minimum absolute atomic E-state index is 0.00146. The Hall–Kier alpha value is -1.58. The molecule has 0 atom stereocenters. The van der Waals surface area contributed by atoms with Crippen LogP contribution in [0, 0.1) is 5.41 Å². The fourth-order valence-corrected chi connectivity index (χ4v) is 2.98. The van der Waals surface area contributed by atoms with Crippen molar-refractivity contribution in [1.29, 1.82) is 0 Å². The van der Waals surface area contributed by atoms with Crippen molar-refractivity contribution in [3.63, 3.8) is 0 Å². The number of carbonyl (C=O) groups excluding carboxylic acids is 2. The van der Waals surface area contributed by atoms with Crippen LogP contribution in [0.5, 0.6) is 0 Å². The van der Waals surface area contributed by atoms with Gasteiger partial charge in [-0.05, 0) is 39.0 Å². The molecule has 0 aromatic heterocycles. The molecular formula is C22H38O4. The molecule has 1 rings (SSSR count). The second-order valence-corrected chi connectivity index (χ2v) is 8.05. The van der Waals surface area contributed by atoms with Gasteiger partial charge in [0.1, 0.15) is 5.60 Å². The fraction of sp³-hybridized carbons (Fsp3) is 0.727. The molecule has 0 unspecified atom stereocenters. The molecule has 0 amide bonds. The average Bonchev–Trinajstić information content (AvgIpc) is 2.58. The minimum Gasteiger partial charge on any atom is -0.463 e. The van der Waals surface area contributed by atoms with E-state index in [0.717, 1.165) is 44.9 Å². The molecule has 1 aliphatic carbocycles. The second kappa shape index (κ2) is 11.9. The van der Waals surface area contributed by atoms with Crippen molar-refractivity contribution >= 4 is 11.9 Å². The summed E-state index contributed by atoms with van der Waals surface area (Å²) in [5.74, 6) is -0.562. The Kier molecular flexibility index (Phi) is 11.2. The molecule has 0 bridgehead atoms. The Morgan fingerprint density at radius 1 is 1.12 bits per heavy atom. The maximum absolute atomic E-state index is 11.7. The van der Waals surface area contributed by atoms with Crippen LogP contribution in [0.4, 0.5) is 0 Å². The summed E-state index contributed by atoms with van der Waals surface area (Å²) in [4.78, 5) is 22.2. The van der Waals surface area contributed by atoms with Crippen molar-refractivity contribution in [2.24, 2.45) is 5.41 Å². The maximum Gasteiger partial charge on any atom is 0.333 e. The molecule has 0 aliphatic heterocycles. The summed E-state index contributed by atoms with van der Waals surface area (Å²) in [5.41, 5.74) is 0.203. The molecule has 1 aliphatic rings. The highest BCUT2D eigenvalue weighted by molar-refractivity contribution is 5.87. The van der Waals surface area contributed by atoms with Crippen LogP contribution in [0.1, 0.15) is 86.0 Å². The minimum atomic E-state index is -0.323. The van der Waals surface area contributed by atoms with Gasteiger partial charge in [0.15, 0.2) is 0 Å². The van der Waals surface area contributed by atoms with Gasteiger partial charge in [-0.15, -0.1) is 0 Å². The molecule has 0 radical (unpaired) electrons. The fourth-order valence-electron chi connectivity index (χ4n) is 2.98. The Morgan fingerprint density at radius 2 is 1.69 bits per heavy atom. The Morgan fingerprint density at radius 3 is 2.12 bits per heavy atom. The van der Waals surface area contributed by atoms with Crippen molar-refractivity contribution in [1.82, 2.24) is 0 Å². The third kappa shape index (κ3) is 8.68. The monoisotopic (exact) mass is 366 g/mol. The standard InChI is InChI=1S/C14H24O2.C8H14O2/c1-11(2)12(15)16-14(13(3,4)5)9-7-6-8-10-14;1-3-5-6-7-10-8(9)4-2/h1,6-10H2,2-5H3;4H,2-3,5-7H2,1H3. The molecule has 0 N–H and O–H groups in total.